The average Bonchev–Trinajstić information content (AvgIpc) is 3.82. The first kappa shape index (κ1) is 30.5. The summed E-state index contributed by atoms with van der Waals surface area (Å²) >= 11 is 0. The monoisotopic (exact) mass is 687 g/mol. The van der Waals surface area contributed by atoms with Crippen molar-refractivity contribution in [3.05, 3.63) is 200 Å². The quantitative estimate of drug-likeness (QED) is 0.165. The highest BCUT2D eigenvalue weighted by Gasteiger charge is 2.23. The van der Waals surface area contributed by atoms with E-state index in [0.717, 1.165) is 50.1 Å². The molecular weight excluding hydrogens is 655 g/mol. The van der Waals surface area contributed by atoms with Gasteiger partial charge in [-0.1, -0.05) is 170 Å². The molecule has 2 aromatic heterocycles. The first-order valence-electron chi connectivity index (χ1n) is 18.5. The van der Waals surface area contributed by atoms with Crippen LogP contribution >= 0.6 is 0 Å². The van der Waals surface area contributed by atoms with Gasteiger partial charge in [-0.25, -0.2) is 0 Å². The van der Waals surface area contributed by atoms with Crippen LogP contribution in [-0.2, 0) is 0 Å². The Morgan fingerprint density at radius 3 is 1.52 bits per heavy atom. The van der Waals surface area contributed by atoms with Gasteiger partial charge in [0, 0.05) is 38.4 Å². The molecular formula is C52H33NO. The normalized spacial score (nSPS) is 11.7. The van der Waals surface area contributed by atoms with Crippen molar-refractivity contribution in [1.29, 1.82) is 0 Å². The Kier molecular flexibility index (Phi) is 6.90. The first-order valence-corrected chi connectivity index (χ1v) is 18.5. The Morgan fingerprint density at radius 1 is 0.315 bits per heavy atom. The predicted molar refractivity (Wildman–Crippen MR) is 227 cm³/mol. The second kappa shape index (κ2) is 12.2. The molecule has 0 spiro atoms. The van der Waals surface area contributed by atoms with Crippen LogP contribution in [0.5, 0.6) is 0 Å². The van der Waals surface area contributed by atoms with Crippen molar-refractivity contribution >= 4 is 54.3 Å². The van der Waals surface area contributed by atoms with E-state index >= 15 is 0 Å². The van der Waals surface area contributed by atoms with Gasteiger partial charge in [-0.3, -0.25) is 0 Å². The highest BCUT2D eigenvalue weighted by Crippen LogP contribution is 2.48. The van der Waals surface area contributed by atoms with Gasteiger partial charge in [0.15, 0.2) is 0 Å². The summed E-state index contributed by atoms with van der Waals surface area (Å²) in [6.07, 6.45) is 0. The Balaban J connectivity index is 1.16. The van der Waals surface area contributed by atoms with Crippen LogP contribution in [0.15, 0.2) is 205 Å². The molecule has 0 radical (unpaired) electrons. The van der Waals surface area contributed by atoms with E-state index in [1.54, 1.807) is 0 Å². The highest BCUT2D eigenvalue weighted by atomic mass is 16.3. The summed E-state index contributed by atoms with van der Waals surface area (Å²) in [6, 6.07) is 72.0. The molecule has 0 saturated heterocycles. The van der Waals surface area contributed by atoms with Gasteiger partial charge in [0.2, 0.25) is 0 Å². The Hall–Kier alpha value is -7.16. The topological polar surface area (TPSA) is 18.1 Å². The predicted octanol–water partition coefficient (Wildman–Crippen LogP) is 14.5. The molecule has 2 heteroatoms. The van der Waals surface area contributed by atoms with Crippen molar-refractivity contribution in [3.63, 3.8) is 0 Å². The van der Waals surface area contributed by atoms with E-state index in [1.807, 2.05) is 0 Å². The van der Waals surface area contributed by atoms with E-state index < -0.39 is 0 Å². The zero-order valence-electron chi connectivity index (χ0n) is 29.4. The van der Waals surface area contributed by atoms with Gasteiger partial charge in [0.25, 0.3) is 0 Å². The minimum Gasteiger partial charge on any atom is -0.455 e. The standard InChI is InChI=1S/C52H33NO/c1-3-14-34(15-4-1)35-26-28-37(29-27-35)51-49(36-16-5-2-6-17-36)50-46-33-39(30-31-42(46)41-20-7-8-23-45(41)52(50)54-51)38-18-13-19-40(32-38)53-47-24-11-9-21-43(47)44-22-10-12-25-48(44)53/h1-33H. The molecule has 0 fully saturated rings. The minimum absolute atomic E-state index is 0.882. The first-order chi connectivity index (χ1) is 26.8. The molecule has 0 aliphatic rings. The Bertz CT molecular complexity index is 3130. The maximum Gasteiger partial charge on any atom is 0.143 e. The van der Waals surface area contributed by atoms with Crippen LogP contribution in [0, 0.1) is 0 Å². The van der Waals surface area contributed by atoms with E-state index in [0.29, 0.717) is 0 Å². The van der Waals surface area contributed by atoms with E-state index in [4.69, 9.17) is 4.42 Å². The number of benzene rings is 9. The number of para-hydroxylation sites is 2. The average molecular weight is 688 g/mol. The summed E-state index contributed by atoms with van der Waals surface area (Å²) in [4.78, 5) is 0. The van der Waals surface area contributed by atoms with Crippen LogP contribution in [0.25, 0.3) is 105 Å². The molecule has 0 bridgehead atoms. The number of furan rings is 1. The Labute approximate surface area is 312 Å². The molecule has 0 N–H and O–H groups in total. The molecule has 0 saturated carbocycles. The van der Waals surface area contributed by atoms with Gasteiger partial charge in [0.1, 0.15) is 11.3 Å². The fourth-order valence-electron chi connectivity index (χ4n) is 8.51. The van der Waals surface area contributed by atoms with Crippen LogP contribution in [0.4, 0.5) is 0 Å². The second-order valence-electron chi connectivity index (χ2n) is 14.0. The lowest BCUT2D eigenvalue weighted by molar-refractivity contribution is 0.636. The van der Waals surface area contributed by atoms with Crippen molar-refractivity contribution in [3.8, 4) is 50.4 Å². The smallest absolute Gasteiger partial charge is 0.143 e. The summed E-state index contributed by atoms with van der Waals surface area (Å²) in [5, 5.41) is 8.35. The van der Waals surface area contributed by atoms with Gasteiger partial charge in [-0.15, -0.1) is 0 Å². The lowest BCUT2D eigenvalue weighted by Crippen LogP contribution is -1.94. The molecule has 2 heterocycles. The fourth-order valence-corrected chi connectivity index (χ4v) is 8.51. The molecule has 0 aliphatic heterocycles. The summed E-state index contributed by atoms with van der Waals surface area (Å²) in [5.41, 5.74) is 12.5. The molecule has 0 amide bonds. The van der Waals surface area contributed by atoms with Gasteiger partial charge in [0.05, 0.1) is 11.0 Å². The zero-order chi connectivity index (χ0) is 35.6. The summed E-state index contributed by atoms with van der Waals surface area (Å²) in [6.45, 7) is 0. The van der Waals surface area contributed by atoms with Crippen LogP contribution in [0.2, 0.25) is 0 Å². The molecule has 252 valence electrons. The number of hydrogen-bond acceptors (Lipinski definition) is 1. The largest absolute Gasteiger partial charge is 0.455 e. The van der Waals surface area contributed by atoms with Crippen molar-refractivity contribution in [2.24, 2.45) is 0 Å². The van der Waals surface area contributed by atoms with Gasteiger partial charge in [-0.05, 0) is 74.3 Å². The SMILES string of the molecule is c1ccc(-c2ccc(-c3oc4c5ccccc5c5ccc(-c6cccc(-n7c8ccccc8c8ccccc87)c6)cc5c4c3-c3ccccc3)cc2)cc1. The summed E-state index contributed by atoms with van der Waals surface area (Å²) < 4.78 is 9.49. The van der Waals surface area contributed by atoms with Crippen molar-refractivity contribution in [2.45, 2.75) is 0 Å². The zero-order valence-corrected chi connectivity index (χ0v) is 29.4. The fraction of sp³-hybridized carbons (Fsp3) is 0. The van der Waals surface area contributed by atoms with Crippen LogP contribution in [0.3, 0.4) is 0 Å². The van der Waals surface area contributed by atoms with E-state index in [1.165, 1.54) is 54.7 Å². The molecule has 11 rings (SSSR count). The number of nitrogens with zero attached hydrogens (tertiary/aromatic N) is 1. The molecule has 2 nitrogen and oxygen atoms in total. The number of fused-ring (bicyclic) bond motifs is 9. The summed E-state index contributed by atoms with van der Waals surface area (Å²) in [7, 11) is 0. The molecule has 0 aliphatic carbocycles. The summed E-state index contributed by atoms with van der Waals surface area (Å²) in [5.74, 6) is 0.882. The van der Waals surface area contributed by atoms with Gasteiger partial charge in [-0.2, -0.15) is 0 Å². The Morgan fingerprint density at radius 2 is 0.815 bits per heavy atom. The molecule has 11 aromatic rings. The van der Waals surface area contributed by atoms with E-state index in [-0.39, 0.29) is 0 Å². The third-order valence-corrected chi connectivity index (χ3v) is 11.0. The molecule has 9 aromatic carbocycles. The van der Waals surface area contributed by atoms with Gasteiger partial charge < -0.3 is 8.98 Å². The minimum atomic E-state index is 0.882. The van der Waals surface area contributed by atoms with Crippen LogP contribution in [0.1, 0.15) is 0 Å². The van der Waals surface area contributed by atoms with Crippen LogP contribution < -0.4 is 0 Å². The third kappa shape index (κ3) is 4.74. The maximum absolute atomic E-state index is 7.10. The van der Waals surface area contributed by atoms with E-state index in [9.17, 15) is 0 Å². The van der Waals surface area contributed by atoms with Crippen molar-refractivity contribution in [1.82, 2.24) is 4.57 Å². The highest BCUT2D eigenvalue weighted by molar-refractivity contribution is 6.29. The van der Waals surface area contributed by atoms with Crippen molar-refractivity contribution < 1.29 is 4.42 Å². The number of aromatic nitrogens is 1. The molecule has 0 atom stereocenters. The number of hydrogen-bond donors (Lipinski definition) is 0. The van der Waals surface area contributed by atoms with Crippen molar-refractivity contribution in [2.75, 3.05) is 0 Å². The maximum atomic E-state index is 7.10. The second-order valence-corrected chi connectivity index (χ2v) is 14.0. The lowest BCUT2D eigenvalue weighted by Gasteiger charge is -2.13. The number of rotatable bonds is 5. The third-order valence-electron chi connectivity index (χ3n) is 11.0. The molecule has 0 unspecified atom stereocenters. The lowest BCUT2D eigenvalue weighted by atomic mass is 9.90. The molecule has 54 heavy (non-hydrogen) atoms. The van der Waals surface area contributed by atoms with E-state index in [2.05, 4.69) is 205 Å². The van der Waals surface area contributed by atoms with Gasteiger partial charge >= 0.3 is 0 Å². The van der Waals surface area contributed by atoms with Crippen LogP contribution in [-0.4, -0.2) is 4.57 Å².